The monoisotopic (exact) mass is 361 g/mol. The van der Waals surface area contributed by atoms with Crippen molar-refractivity contribution in [1.29, 1.82) is 0 Å². The third-order valence-corrected chi connectivity index (χ3v) is 4.99. The highest BCUT2D eigenvalue weighted by Crippen LogP contribution is 2.32. The van der Waals surface area contributed by atoms with Crippen molar-refractivity contribution in [3.63, 3.8) is 0 Å². The number of carbonyl (C=O) groups is 1. The number of morpholine rings is 2. The van der Waals surface area contributed by atoms with E-state index in [-0.39, 0.29) is 5.91 Å². The van der Waals surface area contributed by atoms with E-state index < -0.39 is 0 Å². The second-order valence-corrected chi connectivity index (χ2v) is 6.91. The molecule has 0 bridgehead atoms. The van der Waals surface area contributed by atoms with Crippen molar-refractivity contribution < 1.29 is 14.3 Å². The highest BCUT2D eigenvalue weighted by Gasteiger charge is 2.19. The van der Waals surface area contributed by atoms with Crippen molar-refractivity contribution in [3.05, 3.63) is 18.2 Å². The third kappa shape index (κ3) is 5.11. The van der Waals surface area contributed by atoms with E-state index in [4.69, 9.17) is 9.47 Å². The summed E-state index contributed by atoms with van der Waals surface area (Å²) in [7, 11) is 0. The van der Waals surface area contributed by atoms with Gasteiger partial charge in [0.15, 0.2) is 0 Å². The van der Waals surface area contributed by atoms with Crippen LogP contribution in [0.2, 0.25) is 0 Å². The Morgan fingerprint density at radius 3 is 2.31 bits per heavy atom. The topological polar surface area (TPSA) is 54.0 Å². The Hall–Kier alpha value is -1.79. The molecule has 0 spiro atoms. The first-order chi connectivity index (χ1) is 12.8. The molecule has 2 saturated heterocycles. The van der Waals surface area contributed by atoms with Gasteiger partial charge in [0, 0.05) is 38.3 Å². The lowest BCUT2D eigenvalue weighted by molar-refractivity contribution is -0.116. The number of nitrogens with one attached hydrogen (secondary N) is 1. The van der Waals surface area contributed by atoms with Crippen molar-refractivity contribution in [1.82, 2.24) is 0 Å². The van der Waals surface area contributed by atoms with Crippen molar-refractivity contribution in [3.8, 4) is 0 Å². The van der Waals surface area contributed by atoms with Crippen LogP contribution < -0.4 is 15.1 Å². The van der Waals surface area contributed by atoms with Gasteiger partial charge in [0.1, 0.15) is 0 Å². The summed E-state index contributed by atoms with van der Waals surface area (Å²) in [5, 5.41) is 3.13. The fraction of sp³-hybridized carbons (Fsp3) is 0.650. The van der Waals surface area contributed by atoms with E-state index in [1.165, 1.54) is 5.69 Å². The molecule has 6 nitrogen and oxygen atoms in total. The molecule has 144 valence electrons. The lowest BCUT2D eigenvalue weighted by Gasteiger charge is -2.33. The molecule has 0 radical (unpaired) electrons. The molecule has 3 rings (SSSR count). The number of hydrogen-bond acceptors (Lipinski definition) is 5. The molecule has 2 heterocycles. The van der Waals surface area contributed by atoms with E-state index in [2.05, 4.69) is 34.2 Å². The summed E-state index contributed by atoms with van der Waals surface area (Å²) < 4.78 is 11.0. The first-order valence-corrected chi connectivity index (χ1v) is 9.87. The predicted octanol–water partition coefficient (Wildman–Crippen LogP) is 2.88. The van der Waals surface area contributed by atoms with Gasteiger partial charge in [-0.25, -0.2) is 0 Å². The van der Waals surface area contributed by atoms with Crippen LogP contribution in [0.25, 0.3) is 0 Å². The van der Waals surface area contributed by atoms with E-state index in [9.17, 15) is 4.79 Å². The minimum absolute atomic E-state index is 0.104. The Morgan fingerprint density at radius 2 is 1.65 bits per heavy atom. The van der Waals surface area contributed by atoms with Gasteiger partial charge >= 0.3 is 0 Å². The molecule has 0 unspecified atom stereocenters. The van der Waals surface area contributed by atoms with Gasteiger partial charge < -0.3 is 24.6 Å². The Labute approximate surface area is 156 Å². The smallest absolute Gasteiger partial charge is 0.224 e. The van der Waals surface area contributed by atoms with E-state index in [1.807, 2.05) is 6.07 Å². The molecular weight excluding hydrogens is 330 g/mol. The first kappa shape index (κ1) is 19.0. The number of hydrogen-bond donors (Lipinski definition) is 1. The second kappa shape index (κ2) is 9.78. The number of carbonyl (C=O) groups excluding carboxylic acids is 1. The van der Waals surface area contributed by atoms with Crippen molar-refractivity contribution in [2.24, 2.45) is 0 Å². The molecular formula is C20H31N3O3. The number of ether oxygens (including phenoxy) is 2. The van der Waals surface area contributed by atoms with E-state index in [0.717, 1.165) is 83.2 Å². The average Bonchev–Trinajstić information content (AvgIpc) is 2.70. The van der Waals surface area contributed by atoms with E-state index >= 15 is 0 Å². The molecule has 1 amide bonds. The maximum atomic E-state index is 12.3. The SMILES string of the molecule is CCCCCC(=O)Nc1ccc(N2CCOCC2)cc1N1CCOCC1. The number of unbranched alkanes of at least 4 members (excludes halogenated alkanes) is 2. The molecule has 2 aliphatic rings. The molecule has 2 aliphatic heterocycles. The minimum atomic E-state index is 0.104. The second-order valence-electron chi connectivity index (χ2n) is 6.91. The van der Waals surface area contributed by atoms with Crippen molar-refractivity contribution >= 4 is 23.0 Å². The molecule has 0 saturated carbocycles. The Bertz CT molecular complexity index is 582. The maximum Gasteiger partial charge on any atom is 0.224 e. The average molecular weight is 361 g/mol. The zero-order valence-electron chi connectivity index (χ0n) is 15.8. The van der Waals surface area contributed by atoms with Gasteiger partial charge in [-0.1, -0.05) is 19.8 Å². The van der Waals surface area contributed by atoms with Gasteiger partial charge in [-0.3, -0.25) is 4.79 Å². The summed E-state index contributed by atoms with van der Waals surface area (Å²) in [5.41, 5.74) is 3.20. The Morgan fingerprint density at radius 1 is 1.00 bits per heavy atom. The zero-order valence-corrected chi connectivity index (χ0v) is 15.8. The predicted molar refractivity (Wildman–Crippen MR) is 105 cm³/mol. The van der Waals surface area contributed by atoms with E-state index in [1.54, 1.807) is 0 Å². The molecule has 26 heavy (non-hydrogen) atoms. The summed E-state index contributed by atoms with van der Waals surface area (Å²) >= 11 is 0. The van der Waals surface area contributed by atoms with Crippen LogP contribution in [0, 0.1) is 0 Å². The molecule has 0 aromatic heterocycles. The molecule has 1 N–H and O–H groups in total. The Kier molecular flexibility index (Phi) is 7.14. The quantitative estimate of drug-likeness (QED) is 0.757. The molecule has 1 aromatic carbocycles. The van der Waals surface area contributed by atoms with Crippen LogP contribution >= 0.6 is 0 Å². The van der Waals surface area contributed by atoms with Gasteiger partial charge in [0.2, 0.25) is 5.91 Å². The Balaban J connectivity index is 1.76. The highest BCUT2D eigenvalue weighted by atomic mass is 16.5. The van der Waals surface area contributed by atoms with Crippen LogP contribution in [0.3, 0.4) is 0 Å². The molecule has 0 atom stereocenters. The van der Waals surface area contributed by atoms with Crippen LogP contribution in [0.1, 0.15) is 32.6 Å². The van der Waals surface area contributed by atoms with Gasteiger partial charge in [0.25, 0.3) is 0 Å². The molecule has 0 aliphatic carbocycles. The number of amides is 1. The van der Waals surface area contributed by atoms with Crippen LogP contribution in [0.15, 0.2) is 18.2 Å². The van der Waals surface area contributed by atoms with Crippen LogP contribution in [0.5, 0.6) is 0 Å². The lowest BCUT2D eigenvalue weighted by atomic mass is 10.1. The summed E-state index contributed by atoms with van der Waals surface area (Å²) in [6.07, 6.45) is 3.75. The summed E-state index contributed by atoms with van der Waals surface area (Å²) in [4.78, 5) is 17.0. The summed E-state index contributed by atoms with van der Waals surface area (Å²) in [6.45, 7) is 8.66. The van der Waals surface area contributed by atoms with Crippen LogP contribution in [-0.4, -0.2) is 58.5 Å². The lowest BCUT2D eigenvalue weighted by Crippen LogP contribution is -2.38. The molecule has 2 fully saturated rings. The zero-order chi connectivity index (χ0) is 18.2. The third-order valence-electron chi connectivity index (χ3n) is 4.99. The largest absolute Gasteiger partial charge is 0.378 e. The number of anilines is 3. The number of benzene rings is 1. The first-order valence-electron chi connectivity index (χ1n) is 9.87. The molecule has 6 heteroatoms. The fourth-order valence-electron chi connectivity index (χ4n) is 3.46. The summed E-state index contributed by atoms with van der Waals surface area (Å²) in [6, 6.07) is 6.36. The summed E-state index contributed by atoms with van der Waals surface area (Å²) in [5.74, 6) is 0.104. The normalized spacial score (nSPS) is 18.0. The van der Waals surface area contributed by atoms with Gasteiger partial charge in [0.05, 0.1) is 37.8 Å². The van der Waals surface area contributed by atoms with Crippen LogP contribution in [0.4, 0.5) is 17.1 Å². The van der Waals surface area contributed by atoms with Gasteiger partial charge in [-0.2, -0.15) is 0 Å². The number of nitrogens with zero attached hydrogens (tertiary/aromatic N) is 2. The minimum Gasteiger partial charge on any atom is -0.378 e. The van der Waals surface area contributed by atoms with Gasteiger partial charge in [-0.05, 0) is 24.6 Å². The van der Waals surface area contributed by atoms with Crippen molar-refractivity contribution in [2.75, 3.05) is 67.7 Å². The standard InChI is InChI=1S/C20H31N3O3/c1-2-3-4-5-20(24)21-18-7-6-17(22-8-12-25-13-9-22)16-19(18)23-10-14-26-15-11-23/h6-7,16H,2-5,8-15H2,1H3,(H,21,24). The number of rotatable bonds is 7. The highest BCUT2D eigenvalue weighted by molar-refractivity contribution is 5.95. The fourth-order valence-corrected chi connectivity index (χ4v) is 3.46. The molecule has 1 aromatic rings. The van der Waals surface area contributed by atoms with Crippen LogP contribution in [-0.2, 0) is 14.3 Å². The maximum absolute atomic E-state index is 12.3. The van der Waals surface area contributed by atoms with E-state index in [0.29, 0.717) is 6.42 Å². The van der Waals surface area contributed by atoms with Crippen molar-refractivity contribution in [2.45, 2.75) is 32.6 Å². The van der Waals surface area contributed by atoms with Gasteiger partial charge in [-0.15, -0.1) is 0 Å².